The molecule has 0 radical (unpaired) electrons. The highest BCUT2D eigenvalue weighted by Gasteiger charge is 2.28. The molecule has 0 aliphatic heterocycles. The van der Waals surface area contributed by atoms with Gasteiger partial charge in [-0.1, -0.05) is 50.1 Å². The second kappa shape index (κ2) is 17.3. The topological polar surface area (TPSA) is 114 Å². The molecule has 4 aromatic rings. The zero-order valence-electron chi connectivity index (χ0n) is 27.0. The first kappa shape index (κ1) is 35.1. The van der Waals surface area contributed by atoms with E-state index >= 15 is 0 Å². The van der Waals surface area contributed by atoms with Crippen molar-refractivity contribution in [1.82, 2.24) is 5.32 Å². The lowest BCUT2D eigenvalue weighted by atomic mass is 9.96. The van der Waals surface area contributed by atoms with E-state index in [0.717, 1.165) is 58.7 Å². The summed E-state index contributed by atoms with van der Waals surface area (Å²) in [5, 5.41) is 10.7. The number of fused-ring (bicyclic) bond motifs is 1. The van der Waals surface area contributed by atoms with Crippen LogP contribution in [-0.4, -0.2) is 35.5 Å². The first-order valence-electron chi connectivity index (χ1n) is 16.2. The minimum Gasteiger partial charge on any atom is -0.462 e. The van der Waals surface area contributed by atoms with Crippen LogP contribution in [0.3, 0.4) is 0 Å². The Morgan fingerprint density at radius 1 is 0.917 bits per heavy atom. The van der Waals surface area contributed by atoms with Crippen LogP contribution >= 0.6 is 34.4 Å². The van der Waals surface area contributed by atoms with Gasteiger partial charge in [0.2, 0.25) is 5.91 Å². The highest BCUT2D eigenvalue weighted by atomic mass is 32.2. The average Bonchev–Trinajstić information content (AvgIpc) is 3.71. The van der Waals surface area contributed by atoms with Gasteiger partial charge in [0.15, 0.2) is 0 Å². The smallest absolute Gasteiger partial charge is 0.341 e. The van der Waals surface area contributed by atoms with Crippen molar-refractivity contribution < 1.29 is 23.9 Å². The van der Waals surface area contributed by atoms with E-state index in [1.54, 1.807) is 49.4 Å². The van der Waals surface area contributed by atoms with Crippen molar-refractivity contribution in [2.45, 2.75) is 68.9 Å². The van der Waals surface area contributed by atoms with Crippen LogP contribution in [-0.2, 0) is 27.2 Å². The monoisotopic (exact) mass is 701 g/mol. The number of nitrogens with one attached hydrogen (secondary N) is 3. The summed E-state index contributed by atoms with van der Waals surface area (Å²) >= 11 is 4.33. The summed E-state index contributed by atoms with van der Waals surface area (Å²) in [6.45, 7) is 4.00. The molecule has 1 unspecified atom stereocenters. The molecule has 3 N–H and O–H groups in total. The van der Waals surface area contributed by atoms with Gasteiger partial charge < -0.3 is 20.7 Å². The fourth-order valence-corrected chi connectivity index (χ4v) is 8.36. The summed E-state index contributed by atoms with van der Waals surface area (Å²) < 4.78 is 5.41. The molecule has 2 aromatic heterocycles. The molecule has 1 aliphatic rings. The molecule has 0 bridgehead atoms. The molecule has 3 amide bonds. The Bertz CT molecular complexity index is 1770. The van der Waals surface area contributed by atoms with Gasteiger partial charge in [-0.3, -0.25) is 14.4 Å². The van der Waals surface area contributed by atoms with Gasteiger partial charge in [-0.2, -0.15) is 0 Å². The summed E-state index contributed by atoms with van der Waals surface area (Å²) in [5.74, 6) is -1.44. The van der Waals surface area contributed by atoms with Gasteiger partial charge in [-0.05, 0) is 92.4 Å². The Kier molecular flexibility index (Phi) is 12.6. The molecule has 250 valence electrons. The van der Waals surface area contributed by atoms with Gasteiger partial charge in [0.05, 0.1) is 17.4 Å². The summed E-state index contributed by atoms with van der Waals surface area (Å²) in [6, 6.07) is 19.7. The number of esters is 1. The van der Waals surface area contributed by atoms with Crippen molar-refractivity contribution in [3.63, 3.8) is 0 Å². The van der Waals surface area contributed by atoms with E-state index in [9.17, 15) is 19.2 Å². The fraction of sp³-hybridized carbons (Fsp3) is 0.297. The lowest BCUT2D eigenvalue weighted by Gasteiger charge is -2.16. The van der Waals surface area contributed by atoms with Crippen LogP contribution in [0.4, 0.5) is 10.7 Å². The molecule has 11 heteroatoms. The summed E-state index contributed by atoms with van der Waals surface area (Å²) in [7, 11) is 0. The maximum Gasteiger partial charge on any atom is 0.341 e. The predicted octanol–water partition coefficient (Wildman–Crippen LogP) is 8.56. The fourth-order valence-electron chi connectivity index (χ4n) is 5.41. The van der Waals surface area contributed by atoms with Crippen LogP contribution in [0.5, 0.6) is 0 Å². The quantitative estimate of drug-likeness (QED) is 0.0775. The third-order valence-electron chi connectivity index (χ3n) is 7.78. The van der Waals surface area contributed by atoms with E-state index < -0.39 is 17.1 Å². The molecule has 0 saturated heterocycles. The number of ether oxygens (including phenoxy) is 1. The molecule has 2 aromatic carbocycles. The van der Waals surface area contributed by atoms with Crippen molar-refractivity contribution in [2.24, 2.45) is 0 Å². The second-order valence-corrected chi connectivity index (χ2v) is 14.6. The van der Waals surface area contributed by atoms with Gasteiger partial charge in [-0.25, -0.2) is 4.79 Å². The Morgan fingerprint density at radius 2 is 1.71 bits per heavy atom. The molecule has 8 nitrogen and oxygen atoms in total. The highest BCUT2D eigenvalue weighted by molar-refractivity contribution is 8.00. The van der Waals surface area contributed by atoms with Crippen molar-refractivity contribution in [3.8, 4) is 0 Å². The Balaban J connectivity index is 1.30. The first-order chi connectivity index (χ1) is 23.4. The number of hydrogen-bond donors (Lipinski definition) is 3. The van der Waals surface area contributed by atoms with Gasteiger partial charge in [0.25, 0.3) is 11.8 Å². The first-order valence-corrected chi connectivity index (χ1v) is 18.8. The van der Waals surface area contributed by atoms with Crippen molar-refractivity contribution in [3.05, 3.63) is 104 Å². The van der Waals surface area contributed by atoms with Gasteiger partial charge in [0.1, 0.15) is 10.7 Å². The minimum atomic E-state index is -0.473. The molecule has 48 heavy (non-hydrogen) atoms. The SMILES string of the molecule is CCOC(=O)c1c(NC(=O)C(CC)Sc2cccc(NC(=O)/C(=C/c3cccs3)NC(=O)c3ccccc3)c2)sc2c1CCCCCC2. The van der Waals surface area contributed by atoms with E-state index in [4.69, 9.17) is 4.74 Å². The summed E-state index contributed by atoms with van der Waals surface area (Å²) in [5.41, 5.74) is 2.59. The molecular weight excluding hydrogens is 663 g/mol. The highest BCUT2D eigenvalue weighted by Crippen LogP contribution is 2.38. The van der Waals surface area contributed by atoms with Crippen LogP contribution < -0.4 is 16.0 Å². The molecular formula is C37H39N3O5S3. The molecule has 0 fully saturated rings. The van der Waals surface area contributed by atoms with E-state index in [1.807, 2.05) is 42.6 Å². The number of hydrogen-bond acceptors (Lipinski definition) is 8. The Labute approximate surface area is 293 Å². The number of aryl methyl sites for hydroxylation is 1. The van der Waals surface area contributed by atoms with Crippen LogP contribution in [0.15, 0.2) is 82.7 Å². The number of anilines is 2. The number of thiophene rings is 2. The van der Waals surface area contributed by atoms with Crippen molar-refractivity contribution >= 4 is 74.9 Å². The normalized spacial score (nSPS) is 13.8. The lowest BCUT2D eigenvalue weighted by Crippen LogP contribution is -2.30. The number of carbonyl (C=O) groups is 4. The third kappa shape index (κ3) is 9.24. The van der Waals surface area contributed by atoms with Crippen molar-refractivity contribution in [1.29, 1.82) is 0 Å². The number of thioether (sulfide) groups is 1. The largest absolute Gasteiger partial charge is 0.462 e. The standard InChI is InChI=1S/C37H39N3O5S3/c1-3-30(35(43)40-36-32(37(44)45-4-2)28-19-10-5-6-11-20-31(28)48-36)47-27-17-12-16-25(22-27)38-34(42)29(23-26-18-13-21-46-26)39-33(41)24-14-8-7-9-15-24/h7-9,12-18,21-23,30H,3-6,10-11,19-20H2,1-2H3,(H,38,42)(H,39,41)(H,40,43)/b29-23-. The number of amides is 3. The van der Waals surface area contributed by atoms with Crippen molar-refractivity contribution in [2.75, 3.05) is 17.2 Å². The van der Waals surface area contributed by atoms with Gasteiger partial charge >= 0.3 is 5.97 Å². The maximum atomic E-state index is 13.7. The van der Waals surface area contributed by atoms with E-state index in [-0.39, 0.29) is 24.2 Å². The lowest BCUT2D eigenvalue weighted by molar-refractivity contribution is -0.116. The van der Waals surface area contributed by atoms with Gasteiger partial charge in [-0.15, -0.1) is 34.4 Å². The van der Waals surface area contributed by atoms with Gasteiger partial charge in [0, 0.05) is 25.9 Å². The predicted molar refractivity (Wildman–Crippen MR) is 196 cm³/mol. The van der Waals surface area contributed by atoms with Crippen LogP contribution in [0.25, 0.3) is 6.08 Å². The zero-order valence-corrected chi connectivity index (χ0v) is 29.5. The number of carbonyl (C=O) groups excluding carboxylic acids is 4. The Hall–Kier alpha value is -4.19. The number of benzene rings is 2. The Morgan fingerprint density at radius 3 is 2.44 bits per heavy atom. The van der Waals surface area contributed by atoms with E-state index in [0.29, 0.717) is 28.2 Å². The number of rotatable bonds is 12. The minimum absolute atomic E-state index is 0.109. The molecule has 0 spiro atoms. The zero-order chi connectivity index (χ0) is 33.9. The van der Waals surface area contributed by atoms with E-state index in [1.165, 1.54) is 34.4 Å². The second-order valence-electron chi connectivity index (χ2n) is 11.2. The van der Waals surface area contributed by atoms with Crippen LogP contribution in [0, 0.1) is 0 Å². The van der Waals surface area contributed by atoms with Crippen LogP contribution in [0.2, 0.25) is 0 Å². The average molecular weight is 702 g/mol. The molecule has 1 aliphatic carbocycles. The maximum absolute atomic E-state index is 13.7. The van der Waals surface area contributed by atoms with E-state index in [2.05, 4.69) is 16.0 Å². The summed E-state index contributed by atoms with van der Waals surface area (Å²) in [4.78, 5) is 55.9. The molecule has 2 heterocycles. The molecule has 0 saturated carbocycles. The molecule has 1 atom stereocenters. The third-order valence-corrected chi connectivity index (χ3v) is 11.2. The summed E-state index contributed by atoms with van der Waals surface area (Å²) in [6.07, 6.45) is 8.26. The molecule has 5 rings (SSSR count). The van der Waals surface area contributed by atoms with Crippen LogP contribution in [0.1, 0.15) is 82.0 Å².